The van der Waals surface area contributed by atoms with E-state index < -0.39 is 0 Å². The van der Waals surface area contributed by atoms with Crippen LogP contribution in [0.2, 0.25) is 0 Å². The lowest BCUT2D eigenvalue weighted by Crippen LogP contribution is -2.39. The molecule has 1 fully saturated rings. The minimum Gasteiger partial charge on any atom is -0.360 e. The molecule has 1 aliphatic heterocycles. The Balaban J connectivity index is 1.65. The van der Waals surface area contributed by atoms with Crippen molar-refractivity contribution in [3.8, 4) is 0 Å². The van der Waals surface area contributed by atoms with Gasteiger partial charge in [0.05, 0.1) is 18.3 Å². The summed E-state index contributed by atoms with van der Waals surface area (Å²) in [6, 6.07) is 1.77. The molecule has 2 aromatic rings. The first-order valence-electron chi connectivity index (χ1n) is 8.21. The van der Waals surface area contributed by atoms with Gasteiger partial charge in [0.2, 0.25) is 11.8 Å². The molecule has 2 aromatic heterocycles. The van der Waals surface area contributed by atoms with Crippen molar-refractivity contribution in [3.63, 3.8) is 0 Å². The van der Waals surface area contributed by atoms with Crippen LogP contribution in [0, 0.1) is 6.92 Å². The number of hydrogen-bond acceptors (Lipinski definition) is 7. The fraction of sp³-hybridized carbons (Fsp3) is 0.500. The molecule has 0 spiro atoms. The third-order valence-corrected chi connectivity index (χ3v) is 4.78. The van der Waals surface area contributed by atoms with Crippen LogP contribution in [0.3, 0.4) is 0 Å². The van der Waals surface area contributed by atoms with E-state index >= 15 is 0 Å². The number of amides is 2. The fourth-order valence-corrected chi connectivity index (χ4v) is 3.76. The molecule has 1 aliphatic rings. The zero-order valence-electron chi connectivity index (χ0n) is 14.2. The summed E-state index contributed by atoms with van der Waals surface area (Å²) in [5.74, 6) is 0.818. The van der Waals surface area contributed by atoms with Gasteiger partial charge in [-0.1, -0.05) is 11.6 Å². The number of aryl methyl sites for hydroxylation is 1. The molecule has 134 valence electrons. The van der Waals surface area contributed by atoms with Gasteiger partial charge in [-0.05, 0) is 26.3 Å². The number of rotatable bonds is 5. The van der Waals surface area contributed by atoms with Crippen molar-refractivity contribution in [1.82, 2.24) is 15.0 Å². The molecule has 2 N–H and O–H groups in total. The quantitative estimate of drug-likeness (QED) is 0.847. The Morgan fingerprint density at radius 1 is 1.40 bits per heavy atom. The van der Waals surface area contributed by atoms with Crippen LogP contribution in [-0.2, 0) is 9.59 Å². The van der Waals surface area contributed by atoms with Gasteiger partial charge in [-0.3, -0.25) is 14.5 Å². The number of hydrogen-bond donors (Lipinski definition) is 2. The van der Waals surface area contributed by atoms with Crippen LogP contribution >= 0.6 is 11.3 Å². The summed E-state index contributed by atoms with van der Waals surface area (Å²) >= 11 is 1.41. The van der Waals surface area contributed by atoms with E-state index in [1.165, 1.54) is 18.3 Å². The van der Waals surface area contributed by atoms with E-state index in [1.807, 2.05) is 5.38 Å². The molecule has 8 nitrogen and oxygen atoms in total. The number of anilines is 2. The van der Waals surface area contributed by atoms with E-state index in [2.05, 4.69) is 25.7 Å². The van der Waals surface area contributed by atoms with Gasteiger partial charge in [0.15, 0.2) is 10.9 Å². The second kappa shape index (κ2) is 7.75. The molecule has 0 bridgehead atoms. The number of carbonyl (C=O) groups excluding carboxylic acids is 2. The smallest absolute Gasteiger partial charge is 0.239 e. The van der Waals surface area contributed by atoms with Gasteiger partial charge in [-0.2, -0.15) is 0 Å². The third-order valence-electron chi connectivity index (χ3n) is 4.00. The van der Waals surface area contributed by atoms with Crippen molar-refractivity contribution in [2.24, 2.45) is 0 Å². The SMILES string of the molecule is CC(=O)Nc1nc(C2CCCCN2CC(=O)Nc2cc(C)on2)cs1. The molecule has 2 amide bonds. The van der Waals surface area contributed by atoms with Crippen LogP contribution in [0.25, 0.3) is 0 Å². The molecule has 0 radical (unpaired) electrons. The molecular weight excluding hydrogens is 342 g/mol. The van der Waals surface area contributed by atoms with Gasteiger partial charge >= 0.3 is 0 Å². The zero-order valence-corrected chi connectivity index (χ0v) is 15.1. The van der Waals surface area contributed by atoms with Crippen molar-refractivity contribution in [3.05, 3.63) is 22.9 Å². The number of thiazole rings is 1. The maximum absolute atomic E-state index is 12.3. The van der Waals surface area contributed by atoms with E-state index in [9.17, 15) is 9.59 Å². The Labute approximate surface area is 149 Å². The van der Waals surface area contributed by atoms with Gasteiger partial charge in [-0.25, -0.2) is 4.98 Å². The highest BCUT2D eigenvalue weighted by Gasteiger charge is 2.27. The van der Waals surface area contributed by atoms with E-state index in [-0.39, 0.29) is 24.4 Å². The van der Waals surface area contributed by atoms with Crippen molar-refractivity contribution in [2.45, 2.75) is 39.2 Å². The van der Waals surface area contributed by atoms with E-state index in [4.69, 9.17) is 4.52 Å². The molecule has 3 rings (SSSR count). The highest BCUT2D eigenvalue weighted by molar-refractivity contribution is 7.13. The zero-order chi connectivity index (χ0) is 17.8. The maximum Gasteiger partial charge on any atom is 0.239 e. The van der Waals surface area contributed by atoms with Crippen LogP contribution in [0.5, 0.6) is 0 Å². The number of aromatic nitrogens is 2. The number of nitrogens with one attached hydrogen (secondary N) is 2. The van der Waals surface area contributed by atoms with Crippen LogP contribution in [-0.4, -0.2) is 39.9 Å². The lowest BCUT2D eigenvalue weighted by atomic mass is 10.00. The summed E-state index contributed by atoms with van der Waals surface area (Å²) in [6.45, 7) is 4.34. The third kappa shape index (κ3) is 4.64. The summed E-state index contributed by atoms with van der Waals surface area (Å²) in [5.41, 5.74) is 0.901. The van der Waals surface area contributed by atoms with Crippen LogP contribution in [0.1, 0.15) is 43.7 Å². The summed E-state index contributed by atoms with van der Waals surface area (Å²) in [4.78, 5) is 30.1. The van der Waals surface area contributed by atoms with Crippen molar-refractivity contribution >= 4 is 34.1 Å². The predicted molar refractivity (Wildman–Crippen MR) is 94.5 cm³/mol. The van der Waals surface area contributed by atoms with Gasteiger partial charge in [-0.15, -0.1) is 11.3 Å². The van der Waals surface area contributed by atoms with Crippen molar-refractivity contribution in [1.29, 1.82) is 0 Å². The van der Waals surface area contributed by atoms with Crippen LogP contribution < -0.4 is 10.6 Å². The number of carbonyl (C=O) groups is 2. The Hall–Kier alpha value is -2.26. The van der Waals surface area contributed by atoms with Crippen molar-refractivity contribution in [2.75, 3.05) is 23.7 Å². The lowest BCUT2D eigenvalue weighted by molar-refractivity contribution is -0.118. The van der Waals surface area contributed by atoms with Crippen molar-refractivity contribution < 1.29 is 14.1 Å². The predicted octanol–water partition coefficient (Wildman–Crippen LogP) is 2.56. The Morgan fingerprint density at radius 2 is 2.24 bits per heavy atom. The van der Waals surface area contributed by atoms with E-state index in [0.29, 0.717) is 16.7 Å². The average molecular weight is 363 g/mol. The minimum absolute atomic E-state index is 0.0808. The minimum atomic E-state index is -0.135. The summed E-state index contributed by atoms with van der Waals surface area (Å²) in [7, 11) is 0. The average Bonchev–Trinajstić information content (AvgIpc) is 3.16. The molecule has 0 aromatic carbocycles. The van der Waals surface area contributed by atoms with E-state index in [0.717, 1.165) is 31.5 Å². The summed E-state index contributed by atoms with van der Waals surface area (Å²) in [6.07, 6.45) is 3.09. The molecule has 0 aliphatic carbocycles. The second-order valence-corrected chi connectivity index (χ2v) is 6.97. The van der Waals surface area contributed by atoms with Crippen LogP contribution in [0.15, 0.2) is 16.0 Å². The molecule has 3 heterocycles. The lowest BCUT2D eigenvalue weighted by Gasteiger charge is -2.34. The Morgan fingerprint density at radius 3 is 2.96 bits per heavy atom. The molecule has 1 atom stereocenters. The molecule has 9 heteroatoms. The number of likely N-dealkylation sites (tertiary alicyclic amines) is 1. The molecule has 25 heavy (non-hydrogen) atoms. The van der Waals surface area contributed by atoms with Gasteiger partial charge in [0.1, 0.15) is 5.76 Å². The summed E-state index contributed by atoms with van der Waals surface area (Å²) < 4.78 is 4.96. The molecular formula is C16H21N5O3S. The molecule has 1 unspecified atom stereocenters. The highest BCUT2D eigenvalue weighted by Crippen LogP contribution is 2.32. The Kier molecular flexibility index (Phi) is 5.44. The van der Waals surface area contributed by atoms with E-state index in [1.54, 1.807) is 13.0 Å². The fourth-order valence-electron chi connectivity index (χ4n) is 2.95. The van der Waals surface area contributed by atoms with Crippen LogP contribution in [0.4, 0.5) is 10.9 Å². The topological polar surface area (TPSA) is 100 Å². The normalized spacial score (nSPS) is 18.1. The first-order chi connectivity index (χ1) is 12.0. The summed E-state index contributed by atoms with van der Waals surface area (Å²) in [5, 5.41) is 11.8. The first kappa shape index (κ1) is 17.6. The largest absolute Gasteiger partial charge is 0.360 e. The molecule has 0 saturated carbocycles. The number of nitrogens with zero attached hydrogens (tertiary/aromatic N) is 3. The maximum atomic E-state index is 12.3. The first-order valence-corrected chi connectivity index (χ1v) is 9.09. The van der Waals surface area contributed by atoms with Gasteiger partial charge < -0.3 is 15.2 Å². The highest BCUT2D eigenvalue weighted by atomic mass is 32.1. The second-order valence-electron chi connectivity index (χ2n) is 6.11. The number of piperidine rings is 1. The molecule has 1 saturated heterocycles. The Bertz CT molecular complexity index is 757. The standard InChI is InChI=1S/C16H21N5O3S/c1-10-7-14(20-24-10)19-15(23)8-21-6-4-3-5-13(21)12-9-25-16(18-12)17-11(2)22/h7,9,13H,3-6,8H2,1-2H3,(H,17,18,22)(H,19,20,23). The monoisotopic (exact) mass is 363 g/mol. The van der Waals surface area contributed by atoms with Gasteiger partial charge in [0.25, 0.3) is 0 Å². The van der Waals surface area contributed by atoms with Gasteiger partial charge in [0, 0.05) is 18.4 Å².